The number of anilines is 1. The number of ketones is 1. The van der Waals surface area contributed by atoms with E-state index in [-0.39, 0.29) is 18.2 Å². The van der Waals surface area contributed by atoms with Gasteiger partial charge in [0, 0.05) is 30.7 Å². The number of pyridine rings is 1. The molecule has 0 spiro atoms. The number of halogens is 1. The number of carbonyl (C=O) groups is 2. The predicted octanol–water partition coefficient (Wildman–Crippen LogP) is 5.06. The molecule has 6 nitrogen and oxygen atoms in total. The van der Waals surface area contributed by atoms with Gasteiger partial charge in [-0.3, -0.25) is 13.9 Å². The number of hydrogen-bond donors (Lipinski definition) is 2. The average Bonchev–Trinajstić information content (AvgIpc) is 3.39. The van der Waals surface area contributed by atoms with Gasteiger partial charge >= 0.3 is 0 Å². The van der Waals surface area contributed by atoms with Gasteiger partial charge in [0.05, 0.1) is 5.69 Å². The Hall–Kier alpha value is -2.39. The highest BCUT2D eigenvalue weighted by atomic mass is 35.5. The van der Waals surface area contributed by atoms with Gasteiger partial charge in [-0.15, -0.1) is 0 Å². The van der Waals surface area contributed by atoms with Crippen LogP contribution >= 0.6 is 35.8 Å². The van der Waals surface area contributed by atoms with Crippen LogP contribution in [0, 0.1) is 0 Å². The highest BCUT2D eigenvalue weighted by molar-refractivity contribution is 7.78. The first-order chi connectivity index (χ1) is 16.5. The molecular weight excluding hydrogens is 490 g/mol. The standard InChI is InChI=1S/C25H24ClN3O3S2/c26-19-5-2-1-4-18(19)23-20(30)14-25(29(33)24(23)31,16-10-13-34-15-16)21-6-3-7-22(28-21)27-17-8-11-32-12-9-17/h1-7,10,13,15,17,23,33H,8-9,11-12,14H2,(H,27,28)/t23?,25-/m1/s1. The smallest absolute Gasteiger partial charge is 0.248 e. The number of rotatable bonds is 5. The number of nitrogens with one attached hydrogen (secondary N) is 1. The van der Waals surface area contributed by atoms with Crippen molar-refractivity contribution in [1.82, 2.24) is 9.29 Å². The summed E-state index contributed by atoms with van der Waals surface area (Å²) in [5.41, 5.74) is 0.780. The van der Waals surface area contributed by atoms with Gasteiger partial charge in [-0.05, 0) is 59.0 Å². The second-order valence-electron chi connectivity index (χ2n) is 8.56. The highest BCUT2D eigenvalue weighted by Gasteiger charge is 2.53. The van der Waals surface area contributed by atoms with Gasteiger partial charge in [-0.1, -0.05) is 48.7 Å². The molecule has 2 fully saturated rings. The Morgan fingerprint density at radius 1 is 1.12 bits per heavy atom. The first-order valence-electron chi connectivity index (χ1n) is 11.2. The number of aromatic nitrogens is 1. The number of ether oxygens (including phenoxy) is 1. The van der Waals surface area contributed by atoms with Gasteiger partial charge in [-0.25, -0.2) is 4.98 Å². The summed E-state index contributed by atoms with van der Waals surface area (Å²) in [5.74, 6) is -0.918. The monoisotopic (exact) mass is 513 g/mol. The summed E-state index contributed by atoms with van der Waals surface area (Å²) >= 11 is 12.6. The van der Waals surface area contributed by atoms with Gasteiger partial charge in [0.25, 0.3) is 0 Å². The van der Waals surface area contributed by atoms with E-state index in [4.69, 9.17) is 34.1 Å². The maximum Gasteiger partial charge on any atom is 0.248 e. The zero-order valence-corrected chi connectivity index (χ0v) is 20.8. The van der Waals surface area contributed by atoms with Crippen LogP contribution in [0.4, 0.5) is 5.82 Å². The summed E-state index contributed by atoms with van der Waals surface area (Å²) in [5, 5.41) is 7.74. The van der Waals surface area contributed by atoms with Crippen molar-refractivity contribution in [2.24, 2.45) is 0 Å². The number of hydrogen-bond acceptors (Lipinski definition) is 7. The minimum atomic E-state index is -1.12. The van der Waals surface area contributed by atoms with E-state index in [1.165, 1.54) is 15.6 Å². The molecule has 0 aliphatic carbocycles. The van der Waals surface area contributed by atoms with E-state index in [1.807, 2.05) is 35.0 Å². The van der Waals surface area contributed by atoms with Gasteiger partial charge in [0.2, 0.25) is 5.91 Å². The van der Waals surface area contributed by atoms with Crippen LogP contribution in [0.15, 0.2) is 59.3 Å². The minimum absolute atomic E-state index is 0.0442. The van der Waals surface area contributed by atoms with Crippen molar-refractivity contribution in [3.8, 4) is 0 Å². The number of amides is 1. The van der Waals surface area contributed by atoms with Gasteiger partial charge in [0.15, 0.2) is 5.78 Å². The molecule has 2 aliphatic heterocycles. The lowest BCUT2D eigenvalue weighted by molar-refractivity contribution is -0.142. The van der Waals surface area contributed by atoms with Crippen LogP contribution in [-0.4, -0.2) is 40.2 Å². The second kappa shape index (κ2) is 9.70. The van der Waals surface area contributed by atoms with Gasteiger partial charge in [0.1, 0.15) is 17.3 Å². The third-order valence-electron chi connectivity index (χ3n) is 6.53. The fourth-order valence-corrected chi connectivity index (χ4v) is 6.13. The van der Waals surface area contributed by atoms with Crippen molar-refractivity contribution >= 4 is 53.3 Å². The Balaban J connectivity index is 1.55. The molecule has 176 valence electrons. The summed E-state index contributed by atoms with van der Waals surface area (Å²) in [6.07, 6.45) is 1.84. The molecular formula is C25H24ClN3O3S2. The quantitative estimate of drug-likeness (QED) is 0.368. The average molecular weight is 514 g/mol. The van der Waals surface area contributed by atoms with Crippen LogP contribution in [0.5, 0.6) is 0 Å². The lowest BCUT2D eigenvalue weighted by Crippen LogP contribution is -2.54. The van der Waals surface area contributed by atoms with E-state index in [2.05, 4.69) is 5.32 Å². The molecule has 1 N–H and O–H groups in total. The molecule has 0 bridgehead atoms. The maximum absolute atomic E-state index is 13.7. The summed E-state index contributed by atoms with van der Waals surface area (Å²) in [7, 11) is 0. The molecule has 9 heteroatoms. The van der Waals surface area contributed by atoms with Crippen LogP contribution in [0.2, 0.25) is 5.02 Å². The lowest BCUT2D eigenvalue weighted by atomic mass is 9.75. The summed E-state index contributed by atoms with van der Waals surface area (Å²) in [6.45, 7) is 1.43. The Labute approximate surface area is 212 Å². The number of piperidine rings is 1. The van der Waals surface area contributed by atoms with E-state index in [9.17, 15) is 9.59 Å². The number of thiophene rings is 1. The van der Waals surface area contributed by atoms with Gasteiger partial charge in [-0.2, -0.15) is 11.3 Å². The zero-order valence-electron chi connectivity index (χ0n) is 18.3. The number of benzene rings is 1. The first-order valence-corrected chi connectivity index (χ1v) is 12.9. The van der Waals surface area contributed by atoms with Gasteiger partial charge < -0.3 is 10.1 Å². The molecule has 2 aliphatic rings. The van der Waals surface area contributed by atoms with Crippen molar-refractivity contribution in [2.75, 3.05) is 18.5 Å². The van der Waals surface area contributed by atoms with E-state index in [0.717, 1.165) is 18.4 Å². The molecule has 0 radical (unpaired) electrons. The van der Waals surface area contributed by atoms with Crippen molar-refractivity contribution in [3.63, 3.8) is 0 Å². The highest BCUT2D eigenvalue weighted by Crippen LogP contribution is 2.48. The molecule has 3 aromatic rings. The number of thiol groups is 1. The van der Waals surface area contributed by atoms with E-state index < -0.39 is 17.4 Å². The normalized spacial score (nSPS) is 23.8. The fourth-order valence-electron chi connectivity index (χ4n) is 4.76. The van der Waals surface area contributed by atoms with Crippen LogP contribution < -0.4 is 5.32 Å². The molecule has 2 aromatic heterocycles. The Bertz CT molecular complexity index is 1200. The van der Waals surface area contributed by atoms with Crippen molar-refractivity contribution in [1.29, 1.82) is 0 Å². The summed E-state index contributed by atoms with van der Waals surface area (Å²) in [4.78, 5) is 32.2. The van der Waals surface area contributed by atoms with Crippen molar-refractivity contribution in [2.45, 2.75) is 36.8 Å². The molecule has 34 heavy (non-hydrogen) atoms. The van der Waals surface area contributed by atoms with E-state index in [1.54, 1.807) is 24.3 Å². The molecule has 0 saturated carbocycles. The predicted molar refractivity (Wildman–Crippen MR) is 136 cm³/mol. The molecule has 1 unspecified atom stereocenters. The van der Waals surface area contributed by atoms with Crippen LogP contribution in [0.1, 0.15) is 42.0 Å². The summed E-state index contributed by atoms with van der Waals surface area (Å²) < 4.78 is 6.83. The zero-order chi connectivity index (χ0) is 23.7. The third kappa shape index (κ3) is 4.13. The number of nitrogens with zero attached hydrogens (tertiary/aromatic N) is 2. The largest absolute Gasteiger partial charge is 0.381 e. The minimum Gasteiger partial charge on any atom is -0.381 e. The Morgan fingerprint density at radius 2 is 1.91 bits per heavy atom. The molecule has 2 atom stereocenters. The van der Waals surface area contributed by atoms with Crippen molar-refractivity contribution in [3.05, 3.63) is 81.1 Å². The maximum atomic E-state index is 13.7. The second-order valence-corrected chi connectivity index (χ2v) is 10.1. The first kappa shape index (κ1) is 23.4. The molecule has 4 heterocycles. The van der Waals surface area contributed by atoms with Crippen molar-refractivity contribution < 1.29 is 14.3 Å². The van der Waals surface area contributed by atoms with E-state index in [0.29, 0.717) is 35.3 Å². The van der Waals surface area contributed by atoms with Crippen LogP contribution in [0.3, 0.4) is 0 Å². The topological polar surface area (TPSA) is 71.5 Å². The molecule has 5 rings (SSSR count). The molecule has 1 amide bonds. The molecule has 1 aromatic carbocycles. The van der Waals surface area contributed by atoms with Crippen LogP contribution in [-0.2, 0) is 19.9 Å². The number of carbonyl (C=O) groups excluding carboxylic acids is 2. The van der Waals surface area contributed by atoms with Crippen LogP contribution in [0.25, 0.3) is 0 Å². The SMILES string of the molecule is O=C1C[C@@](c2ccsc2)(c2cccc(NC3CCOCC3)n2)N(S)C(=O)C1c1ccccc1Cl. The fraction of sp³-hybridized carbons (Fsp3) is 0.320. The third-order valence-corrected chi connectivity index (χ3v) is 8.10. The Morgan fingerprint density at radius 3 is 2.65 bits per heavy atom. The summed E-state index contributed by atoms with van der Waals surface area (Å²) in [6, 6.07) is 14.8. The number of Topliss-reactive ketones (excluding diaryl/α,β-unsaturated/α-hetero) is 1. The lowest BCUT2D eigenvalue weighted by Gasteiger charge is -2.45. The Kier molecular flexibility index (Phi) is 6.66. The van der Waals surface area contributed by atoms with E-state index >= 15 is 0 Å². The molecule has 2 saturated heterocycles.